The molecule has 0 radical (unpaired) electrons. The molecule has 1 fully saturated rings. The number of benzene rings is 1. The van der Waals surface area contributed by atoms with Gasteiger partial charge in [0.15, 0.2) is 0 Å². The third-order valence-corrected chi connectivity index (χ3v) is 3.90. The van der Waals surface area contributed by atoms with Crippen molar-refractivity contribution < 1.29 is 14.3 Å². The second-order valence-corrected chi connectivity index (χ2v) is 5.64. The van der Waals surface area contributed by atoms with E-state index in [-0.39, 0.29) is 12.6 Å². The number of ether oxygens (including phenoxy) is 2. The second kappa shape index (κ2) is 6.75. The Labute approximate surface area is 120 Å². The Balaban J connectivity index is 1.70. The topological polar surface area (TPSA) is 61.6 Å². The predicted octanol–water partition coefficient (Wildman–Crippen LogP) is 2.52. The summed E-state index contributed by atoms with van der Waals surface area (Å²) in [6, 6.07) is 9.47. The first-order chi connectivity index (χ1) is 9.60. The molecule has 4 nitrogen and oxygen atoms in total. The van der Waals surface area contributed by atoms with E-state index in [9.17, 15) is 4.79 Å². The van der Waals surface area contributed by atoms with Crippen LogP contribution in [0, 0.1) is 5.92 Å². The highest BCUT2D eigenvalue weighted by atomic mass is 16.6. The van der Waals surface area contributed by atoms with E-state index in [0.717, 1.165) is 18.6 Å². The molecule has 2 N–H and O–H groups in total. The molecule has 0 saturated heterocycles. The number of hydrogen-bond acceptors (Lipinski definition) is 4. The lowest BCUT2D eigenvalue weighted by molar-refractivity contribution is -0.152. The van der Waals surface area contributed by atoms with Crippen molar-refractivity contribution >= 4 is 5.97 Å². The van der Waals surface area contributed by atoms with E-state index in [1.54, 1.807) is 0 Å². The molecule has 1 saturated carbocycles. The van der Waals surface area contributed by atoms with Crippen molar-refractivity contribution in [2.45, 2.75) is 38.1 Å². The minimum atomic E-state index is -0.792. The first kappa shape index (κ1) is 14.9. The molecule has 1 aliphatic carbocycles. The number of carbonyl (C=O) groups excluding carboxylic acids is 1. The van der Waals surface area contributed by atoms with Crippen molar-refractivity contribution in [1.29, 1.82) is 0 Å². The fraction of sp³-hybridized carbons (Fsp3) is 0.562. The normalized spacial score (nSPS) is 26.0. The number of nitrogens with two attached hydrogens (primary N) is 1. The average molecular weight is 277 g/mol. The van der Waals surface area contributed by atoms with Gasteiger partial charge < -0.3 is 15.2 Å². The van der Waals surface area contributed by atoms with Crippen LogP contribution in [0.3, 0.4) is 0 Å². The van der Waals surface area contributed by atoms with Crippen LogP contribution in [0.1, 0.15) is 32.6 Å². The first-order valence-electron chi connectivity index (χ1n) is 7.24. The van der Waals surface area contributed by atoms with Gasteiger partial charge in [-0.2, -0.15) is 0 Å². The molecule has 110 valence electrons. The quantitative estimate of drug-likeness (QED) is 0.663. The summed E-state index contributed by atoms with van der Waals surface area (Å²) in [6.07, 6.45) is 3.41. The van der Waals surface area contributed by atoms with Gasteiger partial charge >= 0.3 is 5.97 Å². The van der Waals surface area contributed by atoms with E-state index in [1.807, 2.05) is 30.3 Å². The Morgan fingerprint density at radius 3 is 2.55 bits per heavy atom. The number of carbonyl (C=O) groups is 1. The van der Waals surface area contributed by atoms with Crippen molar-refractivity contribution in [3.05, 3.63) is 30.3 Å². The Bertz CT molecular complexity index is 425. The fourth-order valence-corrected chi connectivity index (χ4v) is 2.44. The molecule has 4 heteroatoms. The van der Waals surface area contributed by atoms with E-state index < -0.39 is 5.54 Å². The number of para-hydroxylation sites is 1. The summed E-state index contributed by atoms with van der Waals surface area (Å²) in [5, 5.41) is 0. The van der Waals surface area contributed by atoms with E-state index in [2.05, 4.69) is 6.92 Å². The van der Waals surface area contributed by atoms with E-state index in [0.29, 0.717) is 25.4 Å². The fourth-order valence-electron chi connectivity index (χ4n) is 2.44. The van der Waals surface area contributed by atoms with Crippen LogP contribution in [0.25, 0.3) is 0 Å². The molecule has 0 unspecified atom stereocenters. The molecule has 20 heavy (non-hydrogen) atoms. The Morgan fingerprint density at radius 2 is 1.90 bits per heavy atom. The summed E-state index contributed by atoms with van der Waals surface area (Å²) in [4.78, 5) is 12.0. The van der Waals surface area contributed by atoms with Crippen molar-refractivity contribution in [3.63, 3.8) is 0 Å². The van der Waals surface area contributed by atoms with Gasteiger partial charge in [-0.25, -0.2) is 0 Å². The molecular weight excluding hydrogens is 254 g/mol. The monoisotopic (exact) mass is 277 g/mol. The summed E-state index contributed by atoms with van der Waals surface area (Å²) in [6.45, 7) is 2.78. The number of hydrogen-bond donors (Lipinski definition) is 1. The van der Waals surface area contributed by atoms with E-state index in [1.165, 1.54) is 0 Å². The maximum Gasteiger partial charge on any atom is 0.326 e. The highest BCUT2D eigenvalue weighted by molar-refractivity contribution is 5.80. The predicted molar refractivity (Wildman–Crippen MR) is 77.4 cm³/mol. The summed E-state index contributed by atoms with van der Waals surface area (Å²) in [7, 11) is 0. The maximum atomic E-state index is 12.0. The smallest absolute Gasteiger partial charge is 0.326 e. The lowest BCUT2D eigenvalue weighted by Crippen LogP contribution is -2.51. The van der Waals surface area contributed by atoms with Crippen LogP contribution in [0.5, 0.6) is 5.75 Å². The van der Waals surface area contributed by atoms with Crippen LogP contribution in [0.4, 0.5) is 0 Å². The van der Waals surface area contributed by atoms with Crippen molar-refractivity contribution in [2.75, 3.05) is 13.2 Å². The standard InChI is InChI=1S/C16H23NO3/c1-13-7-9-16(17,10-8-13)15(18)20-12-11-19-14-5-3-2-4-6-14/h2-6,13H,7-12,17H2,1H3. The van der Waals surface area contributed by atoms with Crippen LogP contribution >= 0.6 is 0 Å². The molecule has 1 aliphatic rings. The highest BCUT2D eigenvalue weighted by Gasteiger charge is 2.38. The summed E-state index contributed by atoms with van der Waals surface area (Å²) in [5.41, 5.74) is 5.35. The maximum absolute atomic E-state index is 12.0. The second-order valence-electron chi connectivity index (χ2n) is 5.64. The zero-order chi connectivity index (χ0) is 14.4. The molecule has 0 atom stereocenters. The molecule has 0 spiro atoms. The van der Waals surface area contributed by atoms with Gasteiger partial charge in [-0.15, -0.1) is 0 Å². The molecule has 0 aromatic heterocycles. The Morgan fingerprint density at radius 1 is 1.25 bits per heavy atom. The zero-order valence-electron chi connectivity index (χ0n) is 12.0. The van der Waals surface area contributed by atoms with Gasteiger partial charge in [0.05, 0.1) is 0 Å². The van der Waals surface area contributed by atoms with Gasteiger partial charge in [0.2, 0.25) is 0 Å². The molecule has 0 heterocycles. The van der Waals surface area contributed by atoms with E-state index in [4.69, 9.17) is 15.2 Å². The molecular formula is C16H23NO3. The Hall–Kier alpha value is -1.55. The SMILES string of the molecule is CC1CCC(N)(C(=O)OCCOc2ccccc2)CC1. The van der Waals surface area contributed by atoms with Crippen molar-refractivity contribution in [2.24, 2.45) is 11.7 Å². The molecule has 2 rings (SSSR count). The summed E-state index contributed by atoms with van der Waals surface area (Å²) in [5.74, 6) is 1.14. The first-order valence-corrected chi connectivity index (χ1v) is 7.24. The van der Waals surface area contributed by atoms with Crippen molar-refractivity contribution in [3.8, 4) is 5.75 Å². The summed E-state index contributed by atoms with van der Waals surface area (Å²) < 4.78 is 10.7. The zero-order valence-corrected chi connectivity index (χ0v) is 12.0. The molecule has 1 aromatic rings. The van der Waals surface area contributed by atoms with Crippen LogP contribution < -0.4 is 10.5 Å². The van der Waals surface area contributed by atoms with Crippen LogP contribution in [-0.2, 0) is 9.53 Å². The van der Waals surface area contributed by atoms with Gasteiger partial charge in [0, 0.05) is 0 Å². The number of esters is 1. The lowest BCUT2D eigenvalue weighted by Gasteiger charge is -2.33. The molecule has 1 aromatic carbocycles. The minimum Gasteiger partial charge on any atom is -0.490 e. The molecule has 0 amide bonds. The third kappa shape index (κ3) is 3.97. The highest BCUT2D eigenvalue weighted by Crippen LogP contribution is 2.30. The van der Waals surface area contributed by atoms with Gasteiger partial charge in [-0.05, 0) is 43.7 Å². The number of rotatable bonds is 5. The van der Waals surface area contributed by atoms with Crippen molar-refractivity contribution in [1.82, 2.24) is 0 Å². The lowest BCUT2D eigenvalue weighted by atomic mass is 9.78. The van der Waals surface area contributed by atoms with Crippen LogP contribution in [-0.4, -0.2) is 24.7 Å². The van der Waals surface area contributed by atoms with Gasteiger partial charge in [-0.1, -0.05) is 25.1 Å². The van der Waals surface area contributed by atoms with E-state index >= 15 is 0 Å². The minimum absolute atomic E-state index is 0.238. The Kier molecular flexibility index (Phi) is 5.01. The molecule has 0 aliphatic heterocycles. The van der Waals surface area contributed by atoms with Gasteiger partial charge in [0.25, 0.3) is 0 Å². The summed E-state index contributed by atoms with van der Waals surface area (Å²) >= 11 is 0. The largest absolute Gasteiger partial charge is 0.490 e. The van der Waals surface area contributed by atoms with Gasteiger partial charge in [-0.3, -0.25) is 4.79 Å². The van der Waals surface area contributed by atoms with Crippen LogP contribution in [0.2, 0.25) is 0 Å². The molecule has 0 bridgehead atoms. The average Bonchev–Trinajstić information content (AvgIpc) is 2.48. The third-order valence-electron chi connectivity index (χ3n) is 3.90. The van der Waals surface area contributed by atoms with Gasteiger partial charge in [0.1, 0.15) is 24.5 Å². The van der Waals surface area contributed by atoms with Crippen LogP contribution in [0.15, 0.2) is 30.3 Å².